The van der Waals surface area contributed by atoms with E-state index in [-0.39, 0.29) is 19.2 Å². The van der Waals surface area contributed by atoms with Crippen molar-refractivity contribution in [2.24, 2.45) is 0 Å². The fraction of sp³-hybridized carbons (Fsp3) is 0.467. The molecule has 0 saturated heterocycles. The maximum absolute atomic E-state index is 12.0. The molecule has 0 radical (unpaired) electrons. The van der Waals surface area contributed by atoms with Crippen LogP contribution >= 0.6 is 7.60 Å². The highest BCUT2D eigenvalue weighted by Gasteiger charge is 2.28. The highest BCUT2D eigenvalue weighted by Crippen LogP contribution is 2.46. The lowest BCUT2D eigenvalue weighted by molar-refractivity contribution is -0.143. The Balaban J connectivity index is 2.57. The van der Waals surface area contributed by atoms with Crippen molar-refractivity contribution in [3.8, 4) is 0 Å². The molecule has 24 heavy (non-hydrogen) atoms. The third kappa shape index (κ3) is 6.70. The molecule has 0 aliphatic heterocycles. The Labute approximate surface area is 141 Å². The summed E-state index contributed by atoms with van der Waals surface area (Å²) < 4.78 is 31.3. The Morgan fingerprint density at radius 3 is 2.29 bits per heavy atom. The first-order chi connectivity index (χ1) is 11.4. The van der Waals surface area contributed by atoms with Crippen LogP contribution in [-0.2, 0) is 34.5 Å². The van der Waals surface area contributed by atoms with Gasteiger partial charge in [-0.05, 0) is 12.0 Å². The van der Waals surface area contributed by atoms with Gasteiger partial charge in [0.1, 0.15) is 12.6 Å². The van der Waals surface area contributed by atoms with Crippen LogP contribution in [0.2, 0.25) is 0 Å². The lowest BCUT2D eigenvalue weighted by atomic mass is 10.2. The SMILES string of the molecule is COC(=O)[C@H](CCP(=O)(OC)OC)NC(=O)OCc1ccccc1. The minimum atomic E-state index is -3.29. The molecule has 0 aliphatic carbocycles. The second-order valence-electron chi connectivity index (χ2n) is 4.77. The molecule has 134 valence electrons. The molecular formula is C15H22NO7P. The number of carbonyl (C=O) groups excluding carboxylic acids is 2. The van der Waals surface area contributed by atoms with Gasteiger partial charge >= 0.3 is 19.7 Å². The molecule has 0 heterocycles. The summed E-state index contributed by atoms with van der Waals surface area (Å²) in [6.45, 7) is 0.0647. The van der Waals surface area contributed by atoms with Gasteiger partial charge in [-0.15, -0.1) is 0 Å². The molecule has 0 bridgehead atoms. The summed E-state index contributed by atoms with van der Waals surface area (Å²) in [6.07, 6.45) is -0.816. The normalized spacial score (nSPS) is 12.3. The van der Waals surface area contributed by atoms with Crippen molar-refractivity contribution >= 4 is 19.7 Å². The number of esters is 1. The zero-order valence-electron chi connectivity index (χ0n) is 13.9. The zero-order valence-corrected chi connectivity index (χ0v) is 14.8. The smallest absolute Gasteiger partial charge is 0.408 e. The molecule has 0 aliphatic rings. The molecule has 1 atom stereocenters. The van der Waals surface area contributed by atoms with E-state index in [0.29, 0.717) is 0 Å². The van der Waals surface area contributed by atoms with Crippen molar-refractivity contribution in [1.29, 1.82) is 0 Å². The van der Waals surface area contributed by atoms with Crippen molar-refractivity contribution < 1.29 is 32.7 Å². The summed E-state index contributed by atoms with van der Waals surface area (Å²) in [5.41, 5.74) is 0.811. The Kier molecular flexibility index (Phi) is 8.46. The van der Waals surface area contributed by atoms with Gasteiger partial charge in [-0.25, -0.2) is 9.59 Å². The van der Waals surface area contributed by atoms with Crippen molar-refractivity contribution in [2.45, 2.75) is 19.1 Å². The van der Waals surface area contributed by atoms with E-state index in [1.165, 1.54) is 21.3 Å². The predicted molar refractivity (Wildman–Crippen MR) is 86.7 cm³/mol. The van der Waals surface area contributed by atoms with Crippen LogP contribution in [0.15, 0.2) is 30.3 Å². The van der Waals surface area contributed by atoms with Gasteiger partial charge in [0, 0.05) is 14.2 Å². The topological polar surface area (TPSA) is 100 Å². The first-order valence-corrected chi connectivity index (χ1v) is 8.92. The summed E-state index contributed by atoms with van der Waals surface area (Å²) in [7, 11) is 0.399. The third-order valence-corrected chi connectivity index (χ3v) is 5.16. The standard InChI is InChI=1S/C15H22NO7P/c1-20-14(17)13(9-10-24(19,21-2)22-3)16-15(18)23-11-12-7-5-4-6-8-12/h4-8,13H,9-11H2,1-3H3,(H,16,18)/t13-/m0/s1. The summed E-state index contributed by atoms with van der Waals surface area (Å²) in [5, 5.41) is 2.39. The van der Waals surface area contributed by atoms with Crippen LogP contribution in [0, 0.1) is 0 Å². The number of ether oxygens (including phenoxy) is 2. The monoisotopic (exact) mass is 359 g/mol. The summed E-state index contributed by atoms with van der Waals surface area (Å²) in [6, 6.07) is 8.08. The lowest BCUT2D eigenvalue weighted by Crippen LogP contribution is -2.42. The summed E-state index contributed by atoms with van der Waals surface area (Å²) in [5.74, 6) is -0.676. The average Bonchev–Trinajstić information content (AvgIpc) is 2.63. The Bertz CT molecular complexity index is 570. The predicted octanol–water partition coefficient (Wildman–Crippen LogP) is 2.33. The highest BCUT2D eigenvalue weighted by molar-refractivity contribution is 7.53. The van der Waals surface area contributed by atoms with Crippen LogP contribution in [0.4, 0.5) is 4.79 Å². The van der Waals surface area contributed by atoms with Crippen LogP contribution < -0.4 is 5.32 Å². The number of alkyl carbamates (subject to hydrolysis) is 1. The summed E-state index contributed by atoms with van der Waals surface area (Å²) >= 11 is 0. The van der Waals surface area contributed by atoms with E-state index in [9.17, 15) is 14.2 Å². The molecule has 0 spiro atoms. The van der Waals surface area contributed by atoms with Gasteiger partial charge in [0.2, 0.25) is 0 Å². The van der Waals surface area contributed by atoms with Gasteiger partial charge in [-0.1, -0.05) is 30.3 Å². The van der Waals surface area contributed by atoms with E-state index in [1.54, 1.807) is 12.1 Å². The van der Waals surface area contributed by atoms with Crippen LogP contribution in [0.1, 0.15) is 12.0 Å². The zero-order chi connectivity index (χ0) is 18.0. The number of benzene rings is 1. The first kappa shape index (κ1) is 20.2. The van der Waals surface area contributed by atoms with Gasteiger partial charge in [-0.2, -0.15) is 0 Å². The van der Waals surface area contributed by atoms with Gasteiger partial charge in [0.15, 0.2) is 0 Å². The third-order valence-electron chi connectivity index (χ3n) is 3.24. The minimum Gasteiger partial charge on any atom is -0.467 e. The fourth-order valence-electron chi connectivity index (χ4n) is 1.84. The Morgan fingerprint density at radius 2 is 1.75 bits per heavy atom. The van der Waals surface area contributed by atoms with E-state index < -0.39 is 25.7 Å². The molecule has 0 unspecified atom stereocenters. The van der Waals surface area contributed by atoms with E-state index >= 15 is 0 Å². The van der Waals surface area contributed by atoms with Crippen molar-refractivity contribution in [3.05, 3.63) is 35.9 Å². The maximum atomic E-state index is 12.0. The Morgan fingerprint density at radius 1 is 1.12 bits per heavy atom. The molecule has 9 heteroatoms. The number of methoxy groups -OCH3 is 1. The second kappa shape index (κ2) is 10.1. The lowest BCUT2D eigenvalue weighted by Gasteiger charge is -2.19. The second-order valence-corrected chi connectivity index (χ2v) is 7.17. The van der Waals surface area contributed by atoms with Gasteiger partial charge in [-0.3, -0.25) is 4.57 Å². The molecule has 0 fully saturated rings. The van der Waals surface area contributed by atoms with Crippen molar-refractivity contribution in [3.63, 3.8) is 0 Å². The molecule has 1 rings (SSSR count). The van der Waals surface area contributed by atoms with Gasteiger partial charge < -0.3 is 23.8 Å². The number of amides is 1. The fourth-order valence-corrected chi connectivity index (χ4v) is 2.93. The molecule has 1 amide bonds. The maximum Gasteiger partial charge on any atom is 0.408 e. The largest absolute Gasteiger partial charge is 0.467 e. The van der Waals surface area contributed by atoms with Crippen LogP contribution in [0.25, 0.3) is 0 Å². The number of nitrogens with one attached hydrogen (secondary N) is 1. The molecule has 0 saturated carbocycles. The molecule has 1 N–H and O–H groups in total. The highest BCUT2D eigenvalue weighted by atomic mass is 31.2. The molecule has 1 aromatic carbocycles. The van der Waals surface area contributed by atoms with E-state index in [0.717, 1.165) is 5.56 Å². The number of hydrogen-bond acceptors (Lipinski definition) is 7. The first-order valence-electron chi connectivity index (χ1n) is 7.19. The number of hydrogen-bond donors (Lipinski definition) is 1. The molecule has 8 nitrogen and oxygen atoms in total. The van der Waals surface area contributed by atoms with Crippen molar-refractivity contribution in [1.82, 2.24) is 5.32 Å². The van der Waals surface area contributed by atoms with Crippen molar-refractivity contribution in [2.75, 3.05) is 27.5 Å². The van der Waals surface area contributed by atoms with Gasteiger partial charge in [0.25, 0.3) is 0 Å². The van der Waals surface area contributed by atoms with E-state index in [2.05, 4.69) is 10.1 Å². The number of carbonyl (C=O) groups is 2. The van der Waals surface area contributed by atoms with E-state index in [4.69, 9.17) is 13.8 Å². The molecule has 1 aromatic rings. The minimum absolute atomic E-state index is 0.0199. The van der Waals surface area contributed by atoms with Crippen LogP contribution in [0.5, 0.6) is 0 Å². The van der Waals surface area contributed by atoms with Gasteiger partial charge in [0.05, 0.1) is 13.3 Å². The van der Waals surface area contributed by atoms with Crippen LogP contribution in [-0.4, -0.2) is 45.6 Å². The van der Waals surface area contributed by atoms with Crippen LogP contribution in [0.3, 0.4) is 0 Å². The molecule has 0 aromatic heterocycles. The van der Waals surface area contributed by atoms with E-state index in [1.807, 2.05) is 18.2 Å². The quantitative estimate of drug-likeness (QED) is 0.533. The number of rotatable bonds is 9. The average molecular weight is 359 g/mol. The molecular weight excluding hydrogens is 337 g/mol. The summed E-state index contributed by atoms with van der Waals surface area (Å²) in [4.78, 5) is 23.6. The Hall–Kier alpha value is -1.89.